The van der Waals surface area contributed by atoms with Gasteiger partial charge in [0.15, 0.2) is 5.69 Å². The second kappa shape index (κ2) is 7.86. The number of ether oxygens (including phenoxy) is 1. The van der Waals surface area contributed by atoms with Gasteiger partial charge in [0, 0.05) is 37.2 Å². The quantitative estimate of drug-likeness (QED) is 0.697. The molecule has 2 fully saturated rings. The predicted molar refractivity (Wildman–Crippen MR) is 112 cm³/mol. The van der Waals surface area contributed by atoms with Gasteiger partial charge in [-0.2, -0.15) is 9.78 Å². The molecule has 1 saturated heterocycles. The Kier molecular flexibility index (Phi) is 4.89. The van der Waals surface area contributed by atoms with E-state index in [2.05, 4.69) is 10.1 Å². The zero-order valence-electron chi connectivity index (χ0n) is 16.8. The third kappa shape index (κ3) is 3.88. The molecule has 158 valence electrons. The summed E-state index contributed by atoms with van der Waals surface area (Å²) in [7, 11) is 0. The molecule has 2 aliphatic rings. The minimum Gasteiger partial charge on any atom is -0.490 e. The fourth-order valence-corrected chi connectivity index (χ4v) is 4.66. The van der Waals surface area contributed by atoms with Crippen LogP contribution in [0.4, 0.5) is 4.79 Å². The van der Waals surface area contributed by atoms with E-state index in [9.17, 15) is 9.59 Å². The van der Waals surface area contributed by atoms with Gasteiger partial charge in [-0.15, -0.1) is 0 Å². The van der Waals surface area contributed by atoms with Crippen LogP contribution < -0.4 is 4.74 Å². The summed E-state index contributed by atoms with van der Waals surface area (Å²) in [6, 6.07) is 13.0. The molecule has 1 amide bonds. The van der Waals surface area contributed by atoms with Crippen LogP contribution in [0.15, 0.2) is 61.1 Å². The van der Waals surface area contributed by atoms with E-state index in [1.54, 1.807) is 11.1 Å². The number of carbonyl (C=O) groups excluding carboxylic acids is 1. The lowest BCUT2D eigenvalue weighted by Crippen LogP contribution is -2.34. The lowest BCUT2D eigenvalue weighted by atomic mass is 10.0. The van der Waals surface area contributed by atoms with Crippen LogP contribution in [0.2, 0.25) is 0 Å². The third-order valence-corrected chi connectivity index (χ3v) is 6.11. The molecule has 1 aromatic carbocycles. The van der Waals surface area contributed by atoms with Crippen molar-refractivity contribution in [2.75, 3.05) is 13.1 Å². The second-order valence-corrected chi connectivity index (χ2v) is 8.14. The first-order valence-corrected chi connectivity index (χ1v) is 10.3. The van der Waals surface area contributed by atoms with E-state index in [1.165, 1.54) is 12.3 Å². The van der Waals surface area contributed by atoms with Crippen molar-refractivity contribution in [3.8, 4) is 16.9 Å². The van der Waals surface area contributed by atoms with Gasteiger partial charge >= 0.3 is 12.0 Å². The maximum absolute atomic E-state index is 12.7. The largest absolute Gasteiger partial charge is 0.490 e. The number of benzene rings is 1. The average Bonchev–Trinajstić information content (AvgIpc) is 3.49. The topological polar surface area (TPSA) is 97.5 Å². The van der Waals surface area contributed by atoms with E-state index in [1.807, 2.05) is 42.6 Å². The minimum atomic E-state index is -1.14. The zero-order chi connectivity index (χ0) is 21.4. The zero-order valence-corrected chi connectivity index (χ0v) is 16.8. The van der Waals surface area contributed by atoms with E-state index in [0.717, 1.165) is 34.4 Å². The minimum absolute atomic E-state index is 0.125. The average molecular weight is 418 g/mol. The van der Waals surface area contributed by atoms with Crippen molar-refractivity contribution in [3.05, 3.63) is 66.7 Å². The van der Waals surface area contributed by atoms with Gasteiger partial charge in [-0.25, -0.2) is 9.59 Å². The Balaban J connectivity index is 1.20. The lowest BCUT2D eigenvalue weighted by Gasteiger charge is -2.20. The lowest BCUT2D eigenvalue weighted by molar-refractivity contribution is 0.0690. The van der Waals surface area contributed by atoms with Crippen molar-refractivity contribution >= 4 is 12.0 Å². The molecule has 0 spiro atoms. The van der Waals surface area contributed by atoms with Crippen LogP contribution in [0, 0.1) is 11.8 Å². The highest BCUT2D eigenvalue weighted by Gasteiger charge is 2.43. The fourth-order valence-electron chi connectivity index (χ4n) is 4.66. The molecule has 3 aromatic rings. The summed E-state index contributed by atoms with van der Waals surface area (Å²) < 4.78 is 7.39. The molecule has 2 aromatic heterocycles. The number of hydrogen-bond acceptors (Lipinski definition) is 5. The van der Waals surface area contributed by atoms with E-state index >= 15 is 0 Å². The van der Waals surface area contributed by atoms with Gasteiger partial charge < -0.3 is 14.7 Å². The maximum atomic E-state index is 12.7. The highest BCUT2D eigenvalue weighted by atomic mass is 16.5. The predicted octanol–water partition coefficient (Wildman–Crippen LogP) is 3.40. The summed E-state index contributed by atoms with van der Waals surface area (Å²) in [5.41, 5.74) is 1.99. The molecule has 2 atom stereocenters. The molecule has 0 bridgehead atoms. The Morgan fingerprint density at radius 2 is 1.81 bits per heavy atom. The fraction of sp³-hybridized carbons (Fsp3) is 0.304. The Bertz CT molecular complexity index is 1100. The van der Waals surface area contributed by atoms with E-state index in [0.29, 0.717) is 24.9 Å². The summed E-state index contributed by atoms with van der Waals surface area (Å²) in [6.07, 6.45) is 6.91. The number of carbonyl (C=O) groups is 2. The van der Waals surface area contributed by atoms with Gasteiger partial charge in [0.1, 0.15) is 5.75 Å². The van der Waals surface area contributed by atoms with Crippen LogP contribution in [-0.2, 0) is 0 Å². The van der Waals surface area contributed by atoms with Crippen LogP contribution in [0.5, 0.6) is 5.75 Å². The summed E-state index contributed by atoms with van der Waals surface area (Å²) >= 11 is 0. The monoisotopic (exact) mass is 418 g/mol. The number of nitrogens with zero attached hydrogens (tertiary/aromatic N) is 4. The van der Waals surface area contributed by atoms with Gasteiger partial charge in [0.25, 0.3) is 0 Å². The first kappa shape index (κ1) is 19.3. The van der Waals surface area contributed by atoms with Gasteiger partial charge in [-0.3, -0.25) is 4.98 Å². The van der Waals surface area contributed by atoms with E-state index in [4.69, 9.17) is 9.84 Å². The Hall–Kier alpha value is -3.68. The van der Waals surface area contributed by atoms with Crippen molar-refractivity contribution in [1.82, 2.24) is 19.7 Å². The second-order valence-electron chi connectivity index (χ2n) is 8.14. The SMILES string of the molecule is O=C(O)c1ccn(C(=O)N2CC3CC(Oc4cccc(-c5cccnc5)c4)CC3C2)n1. The number of carboxylic acid groups (broad SMARTS) is 1. The Morgan fingerprint density at radius 1 is 1.03 bits per heavy atom. The molecule has 3 heterocycles. The van der Waals surface area contributed by atoms with Gasteiger partial charge in [0.2, 0.25) is 0 Å². The summed E-state index contributed by atoms with van der Waals surface area (Å²) in [5.74, 6) is 0.462. The van der Waals surface area contributed by atoms with Crippen molar-refractivity contribution in [1.29, 1.82) is 0 Å². The number of amides is 1. The number of pyridine rings is 1. The van der Waals surface area contributed by atoms with Crippen LogP contribution in [0.3, 0.4) is 0 Å². The van der Waals surface area contributed by atoms with Crippen molar-refractivity contribution in [2.45, 2.75) is 18.9 Å². The molecule has 31 heavy (non-hydrogen) atoms. The molecule has 1 aliphatic heterocycles. The standard InChI is InChI=1S/C23H22N4O4/c28-22(29)21-6-8-27(25-21)23(30)26-13-17-10-20(11-18(17)14-26)31-19-5-1-3-15(9-19)16-4-2-7-24-12-16/h1-9,12,17-18,20H,10-11,13-14H2,(H,28,29). The highest BCUT2D eigenvalue weighted by molar-refractivity contribution is 5.86. The van der Waals surface area contributed by atoms with E-state index < -0.39 is 5.97 Å². The first-order valence-electron chi connectivity index (χ1n) is 10.3. The molecule has 8 heteroatoms. The molecule has 0 radical (unpaired) electrons. The normalized spacial score (nSPS) is 22.3. The molecule has 1 saturated carbocycles. The summed E-state index contributed by atoms with van der Waals surface area (Å²) in [6.45, 7) is 1.28. The van der Waals surface area contributed by atoms with Crippen LogP contribution in [0.1, 0.15) is 23.3 Å². The van der Waals surface area contributed by atoms with Gasteiger partial charge in [-0.05, 0) is 54.5 Å². The summed E-state index contributed by atoms with van der Waals surface area (Å²) in [5, 5.41) is 12.8. The van der Waals surface area contributed by atoms with Gasteiger partial charge in [-0.1, -0.05) is 18.2 Å². The van der Waals surface area contributed by atoms with Crippen molar-refractivity contribution in [3.63, 3.8) is 0 Å². The Labute approximate surface area is 179 Å². The third-order valence-electron chi connectivity index (χ3n) is 6.11. The number of carboxylic acids is 1. The molecule has 5 rings (SSSR count). The number of hydrogen-bond donors (Lipinski definition) is 1. The number of rotatable bonds is 4. The number of aromatic nitrogens is 3. The molecular weight excluding hydrogens is 396 g/mol. The van der Waals surface area contributed by atoms with Crippen molar-refractivity contribution in [2.24, 2.45) is 11.8 Å². The smallest absolute Gasteiger partial charge is 0.356 e. The molecule has 8 nitrogen and oxygen atoms in total. The molecule has 2 unspecified atom stereocenters. The van der Waals surface area contributed by atoms with Crippen molar-refractivity contribution < 1.29 is 19.4 Å². The molecule has 1 N–H and O–H groups in total. The number of aromatic carboxylic acids is 1. The van der Waals surface area contributed by atoms with E-state index in [-0.39, 0.29) is 17.8 Å². The number of fused-ring (bicyclic) bond motifs is 1. The molecular formula is C23H22N4O4. The van der Waals surface area contributed by atoms with Crippen LogP contribution in [-0.4, -0.2) is 56.0 Å². The maximum Gasteiger partial charge on any atom is 0.356 e. The number of likely N-dealkylation sites (tertiary alicyclic amines) is 1. The first-order chi connectivity index (χ1) is 15.1. The van der Waals surface area contributed by atoms with Gasteiger partial charge in [0.05, 0.1) is 6.10 Å². The molecule has 1 aliphatic carbocycles. The Morgan fingerprint density at radius 3 is 2.48 bits per heavy atom. The highest BCUT2D eigenvalue weighted by Crippen LogP contribution is 2.40. The van der Waals surface area contributed by atoms with Crippen LogP contribution >= 0.6 is 0 Å². The van der Waals surface area contributed by atoms with Crippen LogP contribution in [0.25, 0.3) is 11.1 Å². The summed E-state index contributed by atoms with van der Waals surface area (Å²) in [4.78, 5) is 29.6.